The van der Waals surface area contributed by atoms with Gasteiger partial charge in [-0.05, 0) is 19.4 Å². The number of aromatic nitrogens is 3. The third-order valence-electron chi connectivity index (χ3n) is 3.48. The fourth-order valence-corrected chi connectivity index (χ4v) is 2.33. The molecule has 0 radical (unpaired) electrons. The number of nitrogens with zero attached hydrogens (tertiary/aromatic N) is 3. The van der Waals surface area contributed by atoms with Crippen LogP contribution in [0.25, 0.3) is 11.3 Å². The van der Waals surface area contributed by atoms with Crippen molar-refractivity contribution in [3.05, 3.63) is 60.1 Å². The van der Waals surface area contributed by atoms with Crippen LogP contribution in [0.2, 0.25) is 0 Å². The Labute approximate surface area is 129 Å². The molecule has 0 saturated carbocycles. The molecule has 0 fully saturated rings. The van der Waals surface area contributed by atoms with Gasteiger partial charge in [0.05, 0.1) is 19.3 Å². The van der Waals surface area contributed by atoms with Crippen molar-refractivity contribution in [1.29, 1.82) is 0 Å². The molecule has 1 atom stereocenters. The molecule has 0 aliphatic heterocycles. The molecule has 0 spiro atoms. The molecule has 5 nitrogen and oxygen atoms in total. The second kappa shape index (κ2) is 6.58. The fourth-order valence-electron chi connectivity index (χ4n) is 2.33. The minimum Gasteiger partial charge on any atom is -0.359 e. The van der Waals surface area contributed by atoms with E-state index in [1.54, 1.807) is 0 Å². The van der Waals surface area contributed by atoms with Gasteiger partial charge in [-0.3, -0.25) is 4.68 Å². The molecule has 5 heteroatoms. The molecular weight excluding hydrogens is 276 g/mol. The maximum atomic E-state index is 5.39. The van der Waals surface area contributed by atoms with Crippen molar-refractivity contribution >= 4 is 0 Å². The smallest absolute Gasteiger partial charge is 0.151 e. The average Bonchev–Trinajstić information content (AvgIpc) is 3.15. The van der Waals surface area contributed by atoms with Crippen molar-refractivity contribution in [2.45, 2.75) is 33.0 Å². The van der Waals surface area contributed by atoms with E-state index < -0.39 is 0 Å². The second-order valence-corrected chi connectivity index (χ2v) is 5.57. The lowest BCUT2D eigenvalue weighted by Crippen LogP contribution is -2.30. The van der Waals surface area contributed by atoms with E-state index in [4.69, 9.17) is 4.52 Å². The zero-order valence-electron chi connectivity index (χ0n) is 12.9. The first kappa shape index (κ1) is 14.5. The lowest BCUT2D eigenvalue weighted by atomic mass is 10.1. The highest BCUT2D eigenvalue weighted by Crippen LogP contribution is 2.18. The molecule has 3 aromatic rings. The highest BCUT2D eigenvalue weighted by molar-refractivity contribution is 5.58. The molecule has 1 N–H and O–H groups in total. The van der Waals surface area contributed by atoms with Crippen molar-refractivity contribution in [1.82, 2.24) is 20.3 Å². The lowest BCUT2D eigenvalue weighted by molar-refractivity contribution is 0.357. The first-order valence-corrected chi connectivity index (χ1v) is 7.44. The van der Waals surface area contributed by atoms with E-state index >= 15 is 0 Å². The maximum absolute atomic E-state index is 5.39. The molecule has 0 aliphatic carbocycles. The summed E-state index contributed by atoms with van der Waals surface area (Å²) in [6.07, 6.45) is 3.91. The molecule has 114 valence electrons. The van der Waals surface area contributed by atoms with Gasteiger partial charge in [0.15, 0.2) is 5.76 Å². The highest BCUT2D eigenvalue weighted by atomic mass is 16.5. The van der Waals surface area contributed by atoms with E-state index in [0.717, 1.165) is 23.6 Å². The normalized spacial score (nSPS) is 12.5. The van der Waals surface area contributed by atoms with Gasteiger partial charge in [-0.2, -0.15) is 5.10 Å². The largest absolute Gasteiger partial charge is 0.359 e. The molecule has 0 amide bonds. The summed E-state index contributed by atoms with van der Waals surface area (Å²) in [5.74, 6) is 0.836. The molecule has 2 aromatic heterocycles. The summed E-state index contributed by atoms with van der Waals surface area (Å²) in [4.78, 5) is 0. The molecule has 22 heavy (non-hydrogen) atoms. The van der Waals surface area contributed by atoms with Crippen LogP contribution in [0.5, 0.6) is 0 Å². The van der Waals surface area contributed by atoms with Crippen LogP contribution in [0.15, 0.2) is 53.3 Å². The first-order chi connectivity index (χ1) is 10.7. The molecular formula is C17H20N4O. The van der Waals surface area contributed by atoms with E-state index in [1.165, 1.54) is 5.56 Å². The van der Waals surface area contributed by atoms with Crippen LogP contribution >= 0.6 is 0 Å². The first-order valence-electron chi connectivity index (χ1n) is 7.44. The van der Waals surface area contributed by atoms with E-state index in [-0.39, 0.29) is 0 Å². The third-order valence-corrected chi connectivity index (χ3v) is 3.48. The van der Waals surface area contributed by atoms with Crippen molar-refractivity contribution in [3.8, 4) is 11.3 Å². The molecule has 1 aromatic carbocycles. The quantitative estimate of drug-likeness (QED) is 0.759. The van der Waals surface area contributed by atoms with Gasteiger partial charge in [0, 0.05) is 23.9 Å². The Morgan fingerprint density at radius 3 is 2.82 bits per heavy atom. The molecule has 0 bridgehead atoms. The minimum absolute atomic E-state index is 0.296. The summed E-state index contributed by atoms with van der Waals surface area (Å²) in [5.41, 5.74) is 3.11. The highest BCUT2D eigenvalue weighted by Gasteiger charge is 2.08. The zero-order valence-corrected chi connectivity index (χ0v) is 12.9. The fraction of sp³-hybridized carbons (Fsp3) is 0.294. The van der Waals surface area contributed by atoms with Gasteiger partial charge in [0.2, 0.25) is 0 Å². The number of rotatable bonds is 6. The molecule has 2 heterocycles. The number of hydrogen-bond acceptors (Lipinski definition) is 4. The predicted octanol–water partition coefficient (Wildman–Crippen LogP) is 3.02. The Hall–Kier alpha value is -2.40. The van der Waals surface area contributed by atoms with E-state index in [2.05, 4.69) is 22.5 Å². The van der Waals surface area contributed by atoms with E-state index in [1.807, 2.05) is 60.4 Å². The van der Waals surface area contributed by atoms with Crippen molar-refractivity contribution in [3.63, 3.8) is 0 Å². The SMILES string of the molecule is Cc1cnn(CC(C)NCc2cc(-c3ccccc3)no2)c1. The summed E-state index contributed by atoms with van der Waals surface area (Å²) in [7, 11) is 0. The molecule has 0 aliphatic rings. The number of aryl methyl sites for hydroxylation is 1. The summed E-state index contributed by atoms with van der Waals surface area (Å²) in [6.45, 7) is 5.65. The summed E-state index contributed by atoms with van der Waals surface area (Å²) in [6, 6.07) is 12.3. The van der Waals surface area contributed by atoms with Crippen molar-refractivity contribution in [2.24, 2.45) is 0 Å². The Morgan fingerprint density at radius 2 is 2.09 bits per heavy atom. The van der Waals surface area contributed by atoms with E-state index in [0.29, 0.717) is 12.6 Å². The van der Waals surface area contributed by atoms with Crippen LogP contribution in [0.1, 0.15) is 18.2 Å². The summed E-state index contributed by atoms with van der Waals surface area (Å²) < 4.78 is 7.34. The van der Waals surface area contributed by atoms with Gasteiger partial charge in [0.25, 0.3) is 0 Å². The van der Waals surface area contributed by atoms with Gasteiger partial charge in [-0.15, -0.1) is 0 Å². The maximum Gasteiger partial charge on any atom is 0.151 e. The van der Waals surface area contributed by atoms with E-state index in [9.17, 15) is 0 Å². The molecule has 0 saturated heterocycles. The number of nitrogens with one attached hydrogen (secondary N) is 1. The van der Waals surface area contributed by atoms with Crippen LogP contribution in [0.3, 0.4) is 0 Å². The molecule has 1 unspecified atom stereocenters. The van der Waals surface area contributed by atoms with Crippen LogP contribution in [0, 0.1) is 6.92 Å². The van der Waals surface area contributed by atoms with Crippen LogP contribution in [-0.2, 0) is 13.1 Å². The van der Waals surface area contributed by atoms with Gasteiger partial charge in [0.1, 0.15) is 5.69 Å². The lowest BCUT2D eigenvalue weighted by Gasteiger charge is -2.12. The number of hydrogen-bond donors (Lipinski definition) is 1. The predicted molar refractivity (Wildman–Crippen MR) is 85.2 cm³/mol. The Kier molecular flexibility index (Phi) is 4.34. The van der Waals surface area contributed by atoms with Gasteiger partial charge >= 0.3 is 0 Å². The van der Waals surface area contributed by atoms with Crippen LogP contribution in [-0.4, -0.2) is 21.0 Å². The summed E-state index contributed by atoms with van der Waals surface area (Å²) in [5, 5.41) is 11.8. The minimum atomic E-state index is 0.296. The third kappa shape index (κ3) is 3.62. The van der Waals surface area contributed by atoms with Crippen LogP contribution in [0.4, 0.5) is 0 Å². The van der Waals surface area contributed by atoms with Crippen LogP contribution < -0.4 is 5.32 Å². The van der Waals surface area contributed by atoms with Crippen molar-refractivity contribution in [2.75, 3.05) is 0 Å². The Morgan fingerprint density at radius 1 is 1.27 bits per heavy atom. The average molecular weight is 296 g/mol. The van der Waals surface area contributed by atoms with Gasteiger partial charge < -0.3 is 9.84 Å². The topological polar surface area (TPSA) is 55.9 Å². The van der Waals surface area contributed by atoms with Gasteiger partial charge in [-0.25, -0.2) is 0 Å². The zero-order chi connectivity index (χ0) is 15.4. The monoisotopic (exact) mass is 296 g/mol. The summed E-state index contributed by atoms with van der Waals surface area (Å²) >= 11 is 0. The molecule has 3 rings (SSSR count). The van der Waals surface area contributed by atoms with Crippen molar-refractivity contribution < 1.29 is 4.52 Å². The standard InChI is InChI=1S/C17H20N4O/c1-13-9-19-21(11-13)12-14(2)18-10-16-8-17(20-22-16)15-6-4-3-5-7-15/h3-9,11,14,18H,10,12H2,1-2H3. The number of benzene rings is 1. The Balaban J connectivity index is 1.54. The Bertz CT molecular complexity index is 717. The second-order valence-electron chi connectivity index (χ2n) is 5.57. The van der Waals surface area contributed by atoms with Gasteiger partial charge in [-0.1, -0.05) is 35.5 Å².